The topological polar surface area (TPSA) is 57.5 Å². The van der Waals surface area contributed by atoms with Crippen molar-refractivity contribution in [2.45, 2.75) is 4.90 Å². The van der Waals surface area contributed by atoms with Crippen molar-refractivity contribution in [1.82, 2.24) is 0 Å². The van der Waals surface area contributed by atoms with Crippen LogP contribution in [0.5, 0.6) is 5.75 Å². The van der Waals surface area contributed by atoms with E-state index in [1.165, 1.54) is 12.1 Å². The fraction of sp³-hybridized carbons (Fsp3) is 0. The first-order chi connectivity index (χ1) is 5.52. The average Bonchev–Trinajstić information content (AvgIpc) is 1.99. The molecule has 1 aromatic carbocycles. The molecule has 0 radical (unpaired) electrons. The Morgan fingerprint density at radius 1 is 1.25 bits per heavy atom. The molecular formula is C6H4Br2O3S. The van der Waals surface area contributed by atoms with Gasteiger partial charge >= 0.3 is 0 Å². The van der Waals surface area contributed by atoms with Crippen LogP contribution in [0.1, 0.15) is 0 Å². The molecule has 12 heavy (non-hydrogen) atoms. The van der Waals surface area contributed by atoms with E-state index in [1.807, 2.05) is 0 Å². The summed E-state index contributed by atoms with van der Waals surface area (Å²) in [5.74, 6) is 0.0178. The van der Waals surface area contributed by atoms with Crippen LogP contribution in [0.25, 0.3) is 0 Å². The third-order valence-electron chi connectivity index (χ3n) is 1.19. The van der Waals surface area contributed by atoms with Gasteiger partial charge in [-0.1, -0.05) is 0 Å². The van der Waals surface area contributed by atoms with Gasteiger partial charge in [-0.05, 0) is 44.0 Å². The van der Waals surface area contributed by atoms with E-state index in [1.54, 1.807) is 0 Å². The minimum atomic E-state index is -2.03. The van der Waals surface area contributed by atoms with E-state index in [2.05, 4.69) is 31.9 Å². The fourth-order valence-electron chi connectivity index (χ4n) is 0.643. The summed E-state index contributed by atoms with van der Waals surface area (Å²) in [6, 6.07) is 2.77. The summed E-state index contributed by atoms with van der Waals surface area (Å²) in [6.45, 7) is 0. The normalized spacial score (nSPS) is 12.9. The molecule has 6 heteroatoms. The predicted octanol–water partition coefficient (Wildman–Crippen LogP) is 2.50. The minimum Gasteiger partial charge on any atom is -0.506 e. The van der Waals surface area contributed by atoms with Gasteiger partial charge in [0.1, 0.15) is 5.75 Å². The Morgan fingerprint density at radius 2 is 1.67 bits per heavy atom. The van der Waals surface area contributed by atoms with Crippen LogP contribution in [-0.2, 0) is 11.1 Å². The van der Waals surface area contributed by atoms with Crippen LogP contribution >= 0.6 is 31.9 Å². The molecule has 66 valence electrons. The second kappa shape index (κ2) is 3.87. The van der Waals surface area contributed by atoms with Gasteiger partial charge in [-0.15, -0.1) is 0 Å². The molecule has 1 unspecified atom stereocenters. The molecule has 0 aliphatic heterocycles. The Kier molecular flexibility index (Phi) is 3.28. The number of hydrogen-bond donors (Lipinski definition) is 2. The van der Waals surface area contributed by atoms with Crippen molar-refractivity contribution in [2.24, 2.45) is 0 Å². The number of aromatic hydroxyl groups is 1. The van der Waals surface area contributed by atoms with Crippen LogP contribution in [0.2, 0.25) is 0 Å². The second-order valence-corrected chi connectivity index (χ2v) is 4.66. The molecule has 2 N–H and O–H groups in total. The monoisotopic (exact) mass is 314 g/mol. The molecule has 0 aliphatic carbocycles. The lowest BCUT2D eigenvalue weighted by Gasteiger charge is -2.01. The van der Waals surface area contributed by atoms with Crippen LogP contribution in [-0.4, -0.2) is 13.9 Å². The Morgan fingerprint density at radius 3 is 2.00 bits per heavy atom. The van der Waals surface area contributed by atoms with Crippen LogP contribution in [0.3, 0.4) is 0 Å². The molecule has 0 bridgehead atoms. The summed E-state index contributed by atoms with van der Waals surface area (Å²) in [5, 5.41) is 9.24. The lowest BCUT2D eigenvalue weighted by Crippen LogP contribution is -1.88. The zero-order valence-corrected chi connectivity index (χ0v) is 9.61. The maximum absolute atomic E-state index is 10.6. The summed E-state index contributed by atoms with van der Waals surface area (Å²) in [7, 11) is 0. The van der Waals surface area contributed by atoms with Gasteiger partial charge in [-0.25, -0.2) is 4.21 Å². The quantitative estimate of drug-likeness (QED) is 0.783. The van der Waals surface area contributed by atoms with Crippen molar-refractivity contribution in [3.63, 3.8) is 0 Å². The predicted molar refractivity (Wildman–Crippen MR) is 52.5 cm³/mol. The summed E-state index contributed by atoms with van der Waals surface area (Å²) in [4.78, 5) is 0.228. The molecule has 0 aromatic heterocycles. The van der Waals surface area contributed by atoms with Crippen LogP contribution in [0, 0.1) is 0 Å². The van der Waals surface area contributed by atoms with Crippen molar-refractivity contribution >= 4 is 42.9 Å². The van der Waals surface area contributed by atoms with E-state index in [0.717, 1.165) is 0 Å². The molecule has 0 aliphatic rings. The van der Waals surface area contributed by atoms with Gasteiger partial charge in [0.05, 0.1) is 13.8 Å². The number of benzene rings is 1. The highest BCUT2D eigenvalue weighted by Gasteiger charge is 2.08. The molecule has 0 saturated heterocycles. The number of phenolic OH excluding ortho intramolecular Hbond substituents is 1. The lowest BCUT2D eigenvalue weighted by molar-refractivity contribution is 0.467. The van der Waals surface area contributed by atoms with E-state index in [0.29, 0.717) is 8.95 Å². The van der Waals surface area contributed by atoms with Crippen LogP contribution in [0.15, 0.2) is 26.0 Å². The van der Waals surface area contributed by atoms with Crippen molar-refractivity contribution < 1.29 is 13.9 Å². The van der Waals surface area contributed by atoms with Gasteiger partial charge in [0, 0.05) is 0 Å². The van der Waals surface area contributed by atoms with Gasteiger partial charge in [0.15, 0.2) is 11.1 Å². The molecule has 0 spiro atoms. The molecular weight excluding hydrogens is 312 g/mol. The zero-order valence-electron chi connectivity index (χ0n) is 5.62. The van der Waals surface area contributed by atoms with E-state index in [-0.39, 0.29) is 10.6 Å². The molecule has 1 rings (SSSR count). The first-order valence-electron chi connectivity index (χ1n) is 2.81. The molecule has 0 amide bonds. The zero-order chi connectivity index (χ0) is 9.30. The number of halogens is 2. The largest absolute Gasteiger partial charge is 0.506 e. The lowest BCUT2D eigenvalue weighted by atomic mass is 10.3. The SMILES string of the molecule is O=S(O)c1cc(Br)c(O)c(Br)c1. The van der Waals surface area contributed by atoms with Gasteiger partial charge in [0.25, 0.3) is 0 Å². The van der Waals surface area contributed by atoms with Crippen LogP contribution < -0.4 is 0 Å². The van der Waals surface area contributed by atoms with Gasteiger partial charge in [0.2, 0.25) is 0 Å². The third-order valence-corrected chi connectivity index (χ3v) is 3.04. The second-order valence-electron chi connectivity index (χ2n) is 1.98. The molecule has 0 saturated carbocycles. The van der Waals surface area contributed by atoms with Gasteiger partial charge in [-0.2, -0.15) is 0 Å². The van der Waals surface area contributed by atoms with Gasteiger partial charge < -0.3 is 9.66 Å². The first kappa shape index (κ1) is 10.2. The van der Waals surface area contributed by atoms with Gasteiger partial charge in [-0.3, -0.25) is 0 Å². The van der Waals surface area contributed by atoms with E-state index in [4.69, 9.17) is 4.55 Å². The highest BCUT2D eigenvalue weighted by atomic mass is 79.9. The van der Waals surface area contributed by atoms with E-state index < -0.39 is 11.1 Å². The molecule has 3 nitrogen and oxygen atoms in total. The molecule has 1 atom stereocenters. The minimum absolute atomic E-state index is 0.0178. The highest BCUT2D eigenvalue weighted by Crippen LogP contribution is 2.33. The first-order valence-corrected chi connectivity index (χ1v) is 5.50. The molecule has 1 aromatic rings. The van der Waals surface area contributed by atoms with Crippen LogP contribution in [0.4, 0.5) is 0 Å². The fourth-order valence-corrected chi connectivity index (χ4v) is 2.57. The highest BCUT2D eigenvalue weighted by molar-refractivity contribution is 9.11. The molecule has 0 heterocycles. The Bertz CT molecular complexity index is 317. The summed E-state index contributed by atoms with van der Waals surface area (Å²) < 4.78 is 20.1. The number of phenols is 1. The Hall–Kier alpha value is 0.0900. The van der Waals surface area contributed by atoms with Crippen molar-refractivity contribution in [1.29, 1.82) is 0 Å². The maximum Gasteiger partial charge on any atom is 0.186 e. The maximum atomic E-state index is 10.6. The summed E-state index contributed by atoms with van der Waals surface area (Å²) >= 11 is 4.05. The van der Waals surface area contributed by atoms with Crippen molar-refractivity contribution in [3.8, 4) is 5.75 Å². The van der Waals surface area contributed by atoms with E-state index >= 15 is 0 Å². The number of rotatable bonds is 1. The summed E-state index contributed by atoms with van der Waals surface area (Å²) in [5.41, 5.74) is 0. The number of hydrogen-bond acceptors (Lipinski definition) is 2. The standard InChI is InChI=1S/C6H4Br2O3S/c7-4-1-3(12(10)11)2-5(8)6(4)9/h1-2,9H,(H,10,11). The van der Waals surface area contributed by atoms with E-state index in [9.17, 15) is 9.32 Å². The molecule has 0 fully saturated rings. The Balaban J connectivity index is 3.31. The van der Waals surface area contributed by atoms with Crippen molar-refractivity contribution in [3.05, 3.63) is 21.1 Å². The smallest absolute Gasteiger partial charge is 0.186 e. The third kappa shape index (κ3) is 2.07. The summed E-state index contributed by atoms with van der Waals surface area (Å²) in [6.07, 6.45) is 0. The Labute approximate surface area is 88.3 Å². The average molecular weight is 316 g/mol. The van der Waals surface area contributed by atoms with Crippen molar-refractivity contribution in [2.75, 3.05) is 0 Å².